The first-order valence-electron chi connectivity index (χ1n) is 5.64. The summed E-state index contributed by atoms with van der Waals surface area (Å²) in [7, 11) is 1.38. The minimum absolute atomic E-state index is 0.344. The summed E-state index contributed by atoms with van der Waals surface area (Å²) in [6.45, 7) is 4.76. The molecule has 4 nitrogen and oxygen atoms in total. The zero-order chi connectivity index (χ0) is 12.4. The third-order valence-electron chi connectivity index (χ3n) is 3.08. The minimum atomic E-state index is -0.344. The van der Waals surface area contributed by atoms with Crippen molar-refractivity contribution in [1.82, 2.24) is 9.88 Å². The standard InChI is InChI=1S/C12H15ClN2O2/c1-3-15-5-4-10-9(7-15)8(12(16)17-2)6-11(13)14-10/h6H,3-5,7H2,1-2H3. The molecule has 5 heteroatoms. The van der Waals surface area contributed by atoms with Crippen molar-refractivity contribution in [2.75, 3.05) is 20.2 Å². The molecule has 0 fully saturated rings. The van der Waals surface area contributed by atoms with E-state index in [1.165, 1.54) is 7.11 Å². The smallest absolute Gasteiger partial charge is 0.338 e. The largest absolute Gasteiger partial charge is 0.465 e. The molecule has 1 aromatic rings. The van der Waals surface area contributed by atoms with E-state index in [1.807, 2.05) is 0 Å². The molecule has 1 aromatic heterocycles. The molecule has 0 aliphatic carbocycles. The van der Waals surface area contributed by atoms with Crippen molar-refractivity contribution in [3.05, 3.63) is 28.0 Å². The highest BCUT2D eigenvalue weighted by molar-refractivity contribution is 6.29. The number of esters is 1. The molecule has 0 radical (unpaired) electrons. The Morgan fingerprint density at radius 3 is 3.06 bits per heavy atom. The number of hydrogen-bond donors (Lipinski definition) is 0. The lowest BCUT2D eigenvalue weighted by atomic mass is 10.00. The molecular formula is C12H15ClN2O2. The number of nitrogens with zero attached hydrogens (tertiary/aromatic N) is 2. The molecule has 92 valence electrons. The zero-order valence-electron chi connectivity index (χ0n) is 9.99. The third-order valence-corrected chi connectivity index (χ3v) is 3.27. The fraction of sp³-hybridized carbons (Fsp3) is 0.500. The van der Waals surface area contributed by atoms with Crippen LogP contribution in [0.4, 0.5) is 0 Å². The zero-order valence-corrected chi connectivity index (χ0v) is 10.8. The molecule has 2 heterocycles. The van der Waals surface area contributed by atoms with Gasteiger partial charge in [-0.2, -0.15) is 0 Å². The van der Waals surface area contributed by atoms with Gasteiger partial charge in [0.05, 0.1) is 12.7 Å². The first-order chi connectivity index (χ1) is 8.15. The summed E-state index contributed by atoms with van der Waals surface area (Å²) in [6.07, 6.45) is 0.827. The second-order valence-corrected chi connectivity index (χ2v) is 4.42. The van der Waals surface area contributed by atoms with Crippen molar-refractivity contribution in [2.45, 2.75) is 19.9 Å². The number of pyridine rings is 1. The summed E-state index contributed by atoms with van der Waals surface area (Å²) in [4.78, 5) is 18.3. The van der Waals surface area contributed by atoms with Gasteiger partial charge in [-0.05, 0) is 12.6 Å². The minimum Gasteiger partial charge on any atom is -0.465 e. The van der Waals surface area contributed by atoms with E-state index >= 15 is 0 Å². The number of carbonyl (C=O) groups is 1. The maximum Gasteiger partial charge on any atom is 0.338 e. The van der Waals surface area contributed by atoms with Gasteiger partial charge in [0.1, 0.15) is 5.15 Å². The third kappa shape index (κ3) is 2.42. The Kier molecular flexibility index (Phi) is 3.64. The van der Waals surface area contributed by atoms with E-state index < -0.39 is 0 Å². The molecule has 0 spiro atoms. The number of carbonyl (C=O) groups excluding carboxylic acids is 1. The average Bonchev–Trinajstić information content (AvgIpc) is 2.36. The van der Waals surface area contributed by atoms with Gasteiger partial charge in [0.15, 0.2) is 0 Å². The lowest BCUT2D eigenvalue weighted by Gasteiger charge is -2.28. The van der Waals surface area contributed by atoms with Gasteiger partial charge in [-0.3, -0.25) is 4.90 Å². The number of methoxy groups -OCH3 is 1. The van der Waals surface area contributed by atoms with E-state index in [0.29, 0.717) is 10.7 Å². The highest BCUT2D eigenvalue weighted by Crippen LogP contribution is 2.24. The molecule has 0 bridgehead atoms. The number of hydrogen-bond acceptors (Lipinski definition) is 4. The molecule has 0 N–H and O–H groups in total. The molecule has 0 atom stereocenters. The lowest BCUT2D eigenvalue weighted by molar-refractivity contribution is 0.0597. The Bertz CT molecular complexity index is 448. The quantitative estimate of drug-likeness (QED) is 0.597. The predicted octanol–water partition coefficient (Wildman–Crippen LogP) is 1.90. The summed E-state index contributed by atoms with van der Waals surface area (Å²) in [5.74, 6) is -0.344. The highest BCUT2D eigenvalue weighted by Gasteiger charge is 2.23. The van der Waals surface area contributed by atoms with Crippen LogP contribution in [0.15, 0.2) is 6.07 Å². The highest BCUT2D eigenvalue weighted by atomic mass is 35.5. The van der Waals surface area contributed by atoms with Gasteiger partial charge in [0.25, 0.3) is 0 Å². The van der Waals surface area contributed by atoms with Crippen molar-refractivity contribution in [3.8, 4) is 0 Å². The van der Waals surface area contributed by atoms with Crippen LogP contribution in [0.2, 0.25) is 5.15 Å². The van der Waals surface area contributed by atoms with E-state index in [9.17, 15) is 4.79 Å². The molecule has 0 saturated heterocycles. The van der Waals surface area contributed by atoms with Crippen molar-refractivity contribution in [2.24, 2.45) is 0 Å². The number of ether oxygens (including phenoxy) is 1. The van der Waals surface area contributed by atoms with E-state index in [1.54, 1.807) is 6.07 Å². The average molecular weight is 255 g/mol. The number of rotatable bonds is 2. The van der Waals surface area contributed by atoms with Gasteiger partial charge in [0, 0.05) is 30.8 Å². The van der Waals surface area contributed by atoms with Crippen LogP contribution < -0.4 is 0 Å². The Morgan fingerprint density at radius 1 is 1.65 bits per heavy atom. The number of fused-ring (bicyclic) bond motifs is 1. The second kappa shape index (κ2) is 5.02. The van der Waals surface area contributed by atoms with E-state index in [0.717, 1.165) is 37.3 Å². The van der Waals surface area contributed by atoms with Crippen molar-refractivity contribution < 1.29 is 9.53 Å². The van der Waals surface area contributed by atoms with Crippen LogP contribution in [0, 0.1) is 0 Å². The fourth-order valence-electron chi connectivity index (χ4n) is 2.10. The fourth-order valence-corrected chi connectivity index (χ4v) is 2.31. The molecule has 0 amide bonds. The molecule has 17 heavy (non-hydrogen) atoms. The molecule has 0 saturated carbocycles. The summed E-state index contributed by atoms with van der Waals surface area (Å²) >= 11 is 5.92. The molecule has 0 unspecified atom stereocenters. The maximum absolute atomic E-state index is 11.7. The van der Waals surface area contributed by atoms with E-state index in [-0.39, 0.29) is 5.97 Å². The SMILES string of the molecule is CCN1CCc2nc(Cl)cc(C(=O)OC)c2C1. The van der Waals surface area contributed by atoms with Gasteiger partial charge >= 0.3 is 5.97 Å². The van der Waals surface area contributed by atoms with Crippen LogP contribution in [0.1, 0.15) is 28.5 Å². The first-order valence-corrected chi connectivity index (χ1v) is 6.02. The number of halogens is 1. The van der Waals surface area contributed by atoms with Gasteiger partial charge in [-0.25, -0.2) is 9.78 Å². The number of aromatic nitrogens is 1. The van der Waals surface area contributed by atoms with Gasteiger partial charge < -0.3 is 4.74 Å². The summed E-state index contributed by atoms with van der Waals surface area (Å²) in [6, 6.07) is 1.59. The van der Waals surface area contributed by atoms with Gasteiger partial charge in [-0.15, -0.1) is 0 Å². The molecule has 2 rings (SSSR count). The second-order valence-electron chi connectivity index (χ2n) is 4.03. The van der Waals surface area contributed by atoms with E-state index in [2.05, 4.69) is 16.8 Å². The van der Waals surface area contributed by atoms with Crippen molar-refractivity contribution in [3.63, 3.8) is 0 Å². The Labute approximate surface area is 106 Å². The Morgan fingerprint density at radius 2 is 2.41 bits per heavy atom. The van der Waals surface area contributed by atoms with Crippen molar-refractivity contribution >= 4 is 17.6 Å². The predicted molar refractivity (Wildman–Crippen MR) is 65.2 cm³/mol. The van der Waals surface area contributed by atoms with Gasteiger partial charge in [-0.1, -0.05) is 18.5 Å². The molecular weight excluding hydrogens is 240 g/mol. The summed E-state index contributed by atoms with van der Waals surface area (Å²) < 4.78 is 4.78. The van der Waals surface area contributed by atoms with E-state index in [4.69, 9.17) is 16.3 Å². The summed E-state index contributed by atoms with van der Waals surface area (Å²) in [5.41, 5.74) is 2.41. The van der Waals surface area contributed by atoms with Crippen LogP contribution in [-0.2, 0) is 17.7 Å². The topological polar surface area (TPSA) is 42.4 Å². The Hall–Kier alpha value is -1.13. The maximum atomic E-state index is 11.7. The molecule has 0 aromatic carbocycles. The van der Waals surface area contributed by atoms with Gasteiger partial charge in [0.2, 0.25) is 0 Å². The van der Waals surface area contributed by atoms with Crippen LogP contribution >= 0.6 is 11.6 Å². The normalized spacial score (nSPS) is 15.5. The molecule has 1 aliphatic rings. The first kappa shape index (κ1) is 12.3. The van der Waals surface area contributed by atoms with Crippen molar-refractivity contribution in [1.29, 1.82) is 0 Å². The van der Waals surface area contributed by atoms with Crippen LogP contribution in [0.3, 0.4) is 0 Å². The molecule has 1 aliphatic heterocycles. The van der Waals surface area contributed by atoms with Crippen LogP contribution in [-0.4, -0.2) is 36.1 Å². The van der Waals surface area contributed by atoms with Crippen LogP contribution in [0.5, 0.6) is 0 Å². The van der Waals surface area contributed by atoms with Crippen LogP contribution in [0.25, 0.3) is 0 Å². The monoisotopic (exact) mass is 254 g/mol. The number of likely N-dealkylation sites (N-methyl/N-ethyl adjacent to an activating group) is 1. The summed E-state index contributed by atoms with van der Waals surface area (Å²) in [5, 5.41) is 0.356. The Balaban J connectivity index is 2.45. The lowest BCUT2D eigenvalue weighted by Crippen LogP contribution is -2.32.